The van der Waals surface area contributed by atoms with Crippen molar-refractivity contribution in [1.29, 1.82) is 0 Å². The van der Waals surface area contributed by atoms with E-state index in [0.29, 0.717) is 0 Å². The number of carbonyl (C=O) groups excluding carboxylic acids is 4. The summed E-state index contributed by atoms with van der Waals surface area (Å²) in [6.07, 6.45) is -1.75. The van der Waals surface area contributed by atoms with Crippen molar-refractivity contribution in [2.24, 2.45) is 17.4 Å². The van der Waals surface area contributed by atoms with E-state index in [2.05, 4.69) is 16.0 Å². The van der Waals surface area contributed by atoms with Crippen molar-refractivity contribution in [1.82, 2.24) is 16.0 Å². The molecule has 0 heterocycles. The Morgan fingerprint density at radius 1 is 0.897 bits per heavy atom. The molecule has 5 unspecified atom stereocenters. The van der Waals surface area contributed by atoms with Gasteiger partial charge in [0.2, 0.25) is 23.6 Å². The van der Waals surface area contributed by atoms with Crippen LogP contribution in [0.5, 0.6) is 0 Å². The van der Waals surface area contributed by atoms with E-state index in [9.17, 15) is 29.1 Å². The molecule has 0 saturated heterocycles. The summed E-state index contributed by atoms with van der Waals surface area (Å²) in [6.45, 7) is 5.85. The molecule has 12 nitrogen and oxygen atoms in total. The summed E-state index contributed by atoms with van der Waals surface area (Å²) in [5.74, 6) is -4.65. The minimum absolute atomic E-state index is 0.155. The van der Waals surface area contributed by atoms with Gasteiger partial charge in [0, 0.05) is 6.42 Å². The van der Waals surface area contributed by atoms with Crippen LogP contribution in [0.25, 0.3) is 0 Å². The highest BCUT2D eigenvalue weighted by Gasteiger charge is 2.32. The fraction of sp³-hybridized carbons (Fsp3) is 0.706. The predicted octanol–water partition coefficient (Wildman–Crippen LogP) is -2.83. The summed E-state index contributed by atoms with van der Waals surface area (Å²) >= 11 is 0. The molecule has 5 atom stereocenters. The Hall–Kier alpha value is -2.73. The van der Waals surface area contributed by atoms with E-state index in [1.54, 1.807) is 13.8 Å². The van der Waals surface area contributed by atoms with Crippen molar-refractivity contribution < 1.29 is 34.2 Å². The number of aliphatic carboxylic acids is 1. The maximum Gasteiger partial charge on any atom is 0.325 e. The first-order chi connectivity index (χ1) is 13.3. The summed E-state index contributed by atoms with van der Waals surface area (Å²) in [4.78, 5) is 59.0. The zero-order chi connectivity index (χ0) is 22.9. The minimum atomic E-state index is -1.49. The van der Waals surface area contributed by atoms with Crippen LogP contribution < -0.4 is 27.4 Å². The highest BCUT2D eigenvalue weighted by atomic mass is 16.4. The van der Waals surface area contributed by atoms with Crippen LogP contribution in [0.15, 0.2) is 0 Å². The molecule has 12 heteroatoms. The van der Waals surface area contributed by atoms with Crippen LogP contribution in [0.4, 0.5) is 0 Å². The molecule has 0 aromatic heterocycles. The Morgan fingerprint density at radius 3 is 1.86 bits per heavy atom. The van der Waals surface area contributed by atoms with Gasteiger partial charge in [0.1, 0.15) is 18.1 Å². The molecule has 0 aromatic rings. The van der Waals surface area contributed by atoms with Crippen LogP contribution in [-0.2, 0) is 24.0 Å². The van der Waals surface area contributed by atoms with Gasteiger partial charge in [0.25, 0.3) is 0 Å². The maximum absolute atomic E-state index is 12.6. The monoisotopic (exact) mass is 417 g/mol. The lowest BCUT2D eigenvalue weighted by atomic mass is 10.0. The topological polar surface area (TPSA) is 214 Å². The molecule has 0 fully saturated rings. The van der Waals surface area contributed by atoms with Crippen LogP contribution >= 0.6 is 0 Å². The van der Waals surface area contributed by atoms with Crippen molar-refractivity contribution in [3.63, 3.8) is 0 Å². The number of carboxylic acid groups (broad SMARTS) is 1. The van der Waals surface area contributed by atoms with E-state index in [-0.39, 0.29) is 18.8 Å². The number of rotatable bonds is 12. The van der Waals surface area contributed by atoms with Gasteiger partial charge in [-0.25, -0.2) is 0 Å². The molecule has 0 aliphatic rings. The first-order valence-electron chi connectivity index (χ1n) is 9.13. The standard InChI is InChI=1S/C17H31N5O7/c1-7(2)12(19)15(26)21-10(5-6-11(18)24)14(25)22-13(9(4)23)16(27)20-8(3)17(28)29/h7-10,12-13,23H,5-6,19H2,1-4H3,(H2,18,24)(H,20,27)(H,21,26)(H,22,25)(H,28,29). The fourth-order valence-corrected chi connectivity index (χ4v) is 2.15. The zero-order valence-electron chi connectivity index (χ0n) is 17.0. The Kier molecular flexibility index (Phi) is 10.8. The number of hydrogen-bond donors (Lipinski definition) is 7. The van der Waals surface area contributed by atoms with Crippen molar-refractivity contribution in [3.8, 4) is 0 Å². The molecule has 0 spiro atoms. The van der Waals surface area contributed by atoms with Gasteiger partial charge in [-0.1, -0.05) is 13.8 Å². The smallest absolute Gasteiger partial charge is 0.325 e. The van der Waals surface area contributed by atoms with E-state index in [0.717, 1.165) is 0 Å². The van der Waals surface area contributed by atoms with Crippen molar-refractivity contribution in [2.75, 3.05) is 0 Å². The highest BCUT2D eigenvalue weighted by Crippen LogP contribution is 2.04. The highest BCUT2D eigenvalue weighted by molar-refractivity contribution is 5.94. The average molecular weight is 417 g/mol. The number of hydrogen-bond acceptors (Lipinski definition) is 7. The molecule has 0 aromatic carbocycles. The van der Waals surface area contributed by atoms with Gasteiger partial charge >= 0.3 is 5.97 Å². The van der Waals surface area contributed by atoms with Gasteiger partial charge in [-0.2, -0.15) is 0 Å². The van der Waals surface area contributed by atoms with Gasteiger partial charge < -0.3 is 37.6 Å². The molecule has 9 N–H and O–H groups in total. The Bertz CT molecular complexity index is 623. The number of carboxylic acids is 1. The van der Waals surface area contributed by atoms with Crippen molar-refractivity contribution in [3.05, 3.63) is 0 Å². The van der Waals surface area contributed by atoms with Gasteiger partial charge in [0.05, 0.1) is 12.1 Å². The maximum atomic E-state index is 12.6. The normalized spacial score (nSPS) is 16.1. The SMILES string of the molecule is CC(NC(=O)C(NC(=O)C(CCC(N)=O)NC(=O)C(N)C(C)C)C(C)O)C(=O)O. The quantitative estimate of drug-likeness (QED) is 0.175. The molecule has 166 valence electrons. The molecular weight excluding hydrogens is 386 g/mol. The number of aliphatic hydroxyl groups is 1. The van der Waals surface area contributed by atoms with E-state index in [1.165, 1.54) is 13.8 Å². The first kappa shape index (κ1) is 26.3. The molecule has 0 bridgehead atoms. The molecule has 0 radical (unpaired) electrons. The third-order valence-corrected chi connectivity index (χ3v) is 4.13. The second kappa shape index (κ2) is 12.0. The van der Waals surface area contributed by atoms with Gasteiger partial charge in [-0.3, -0.25) is 24.0 Å². The van der Waals surface area contributed by atoms with Gasteiger partial charge in [-0.15, -0.1) is 0 Å². The van der Waals surface area contributed by atoms with E-state index < -0.39 is 59.9 Å². The molecule has 29 heavy (non-hydrogen) atoms. The summed E-state index contributed by atoms with van der Waals surface area (Å²) in [5, 5.41) is 25.5. The van der Waals surface area contributed by atoms with Gasteiger partial charge in [-0.05, 0) is 26.2 Å². The minimum Gasteiger partial charge on any atom is -0.480 e. The summed E-state index contributed by atoms with van der Waals surface area (Å²) in [6, 6.07) is -4.90. The second-order valence-electron chi connectivity index (χ2n) is 7.13. The Balaban J connectivity index is 5.35. The molecule has 0 saturated carbocycles. The second-order valence-corrected chi connectivity index (χ2v) is 7.13. The fourth-order valence-electron chi connectivity index (χ4n) is 2.15. The van der Waals surface area contributed by atoms with E-state index >= 15 is 0 Å². The zero-order valence-corrected chi connectivity index (χ0v) is 17.0. The van der Waals surface area contributed by atoms with Crippen LogP contribution in [0, 0.1) is 5.92 Å². The number of nitrogens with one attached hydrogen (secondary N) is 3. The molecular formula is C17H31N5O7. The van der Waals surface area contributed by atoms with Crippen molar-refractivity contribution in [2.45, 2.75) is 70.8 Å². The van der Waals surface area contributed by atoms with E-state index in [1.807, 2.05) is 0 Å². The molecule has 0 aliphatic carbocycles. The van der Waals surface area contributed by atoms with Crippen LogP contribution in [-0.4, -0.2) is 70.1 Å². The predicted molar refractivity (Wildman–Crippen MR) is 102 cm³/mol. The average Bonchev–Trinajstić information content (AvgIpc) is 2.60. The van der Waals surface area contributed by atoms with E-state index in [4.69, 9.17) is 16.6 Å². The number of aliphatic hydroxyl groups excluding tert-OH is 1. The largest absolute Gasteiger partial charge is 0.480 e. The lowest BCUT2D eigenvalue weighted by molar-refractivity contribution is -0.142. The first-order valence-corrected chi connectivity index (χ1v) is 9.13. The summed E-state index contributed by atoms with van der Waals surface area (Å²) < 4.78 is 0. The molecule has 0 aliphatic heterocycles. The number of primary amides is 1. The van der Waals surface area contributed by atoms with Crippen LogP contribution in [0.3, 0.4) is 0 Å². The summed E-state index contributed by atoms with van der Waals surface area (Å²) in [5.41, 5.74) is 10.8. The number of amides is 4. The Morgan fingerprint density at radius 2 is 1.45 bits per heavy atom. The summed E-state index contributed by atoms with van der Waals surface area (Å²) in [7, 11) is 0. The lowest BCUT2D eigenvalue weighted by Crippen LogP contribution is -2.59. The van der Waals surface area contributed by atoms with Crippen LogP contribution in [0.2, 0.25) is 0 Å². The number of carbonyl (C=O) groups is 5. The van der Waals surface area contributed by atoms with Gasteiger partial charge in [0.15, 0.2) is 0 Å². The lowest BCUT2D eigenvalue weighted by Gasteiger charge is -2.26. The van der Waals surface area contributed by atoms with Crippen LogP contribution in [0.1, 0.15) is 40.5 Å². The Labute approximate surface area is 168 Å². The van der Waals surface area contributed by atoms with Crippen molar-refractivity contribution >= 4 is 29.6 Å². The number of nitrogens with two attached hydrogens (primary N) is 2. The third-order valence-electron chi connectivity index (χ3n) is 4.13. The molecule has 0 rings (SSSR count). The third kappa shape index (κ3) is 9.34. The molecule has 4 amide bonds.